The van der Waals surface area contributed by atoms with Crippen LogP contribution < -0.4 is 0 Å². The van der Waals surface area contributed by atoms with Crippen molar-refractivity contribution < 1.29 is 0 Å². The van der Waals surface area contributed by atoms with E-state index < -0.39 is 0 Å². The SMILES string of the molecule is BrC1C=CC=C1/C=C/C1=CC=CC1Br. The second-order valence-corrected chi connectivity index (χ2v) is 5.21. The highest BCUT2D eigenvalue weighted by Crippen LogP contribution is 2.24. The lowest BCUT2D eigenvalue weighted by Crippen LogP contribution is -1.93. The van der Waals surface area contributed by atoms with Gasteiger partial charge in [-0.25, -0.2) is 0 Å². The molecule has 0 N–H and O–H groups in total. The van der Waals surface area contributed by atoms with E-state index in [9.17, 15) is 0 Å². The Morgan fingerprint density at radius 3 is 1.57 bits per heavy atom. The van der Waals surface area contributed by atoms with Crippen molar-refractivity contribution in [2.75, 3.05) is 0 Å². The van der Waals surface area contributed by atoms with Crippen LogP contribution in [0.1, 0.15) is 0 Å². The molecule has 14 heavy (non-hydrogen) atoms. The van der Waals surface area contributed by atoms with Crippen LogP contribution in [0.3, 0.4) is 0 Å². The fourth-order valence-corrected chi connectivity index (χ4v) is 2.38. The van der Waals surface area contributed by atoms with Gasteiger partial charge < -0.3 is 0 Å². The molecule has 0 aromatic carbocycles. The third-order valence-electron chi connectivity index (χ3n) is 2.24. The van der Waals surface area contributed by atoms with E-state index in [-0.39, 0.29) is 0 Å². The molecule has 2 aliphatic rings. The van der Waals surface area contributed by atoms with Gasteiger partial charge in [-0.05, 0) is 11.1 Å². The van der Waals surface area contributed by atoms with E-state index in [0.29, 0.717) is 9.65 Å². The molecule has 0 saturated heterocycles. The zero-order valence-corrected chi connectivity index (χ0v) is 10.7. The van der Waals surface area contributed by atoms with Crippen LogP contribution in [0.2, 0.25) is 0 Å². The van der Waals surface area contributed by atoms with Crippen LogP contribution in [0.5, 0.6) is 0 Å². The highest BCUT2D eigenvalue weighted by molar-refractivity contribution is 9.10. The zero-order chi connectivity index (χ0) is 9.97. The Hall–Kier alpha value is -0.340. The molecule has 2 atom stereocenters. The van der Waals surface area contributed by atoms with E-state index in [0.717, 1.165) is 0 Å². The Morgan fingerprint density at radius 2 is 1.29 bits per heavy atom. The largest absolute Gasteiger partial charge is 0.0793 e. The Balaban J connectivity index is 2.02. The van der Waals surface area contributed by atoms with Crippen LogP contribution in [-0.2, 0) is 0 Å². The molecule has 0 nitrogen and oxygen atoms in total. The lowest BCUT2D eigenvalue weighted by molar-refractivity contribution is 1.34. The van der Waals surface area contributed by atoms with Crippen molar-refractivity contribution in [3.63, 3.8) is 0 Å². The van der Waals surface area contributed by atoms with E-state index in [4.69, 9.17) is 0 Å². The van der Waals surface area contributed by atoms with Gasteiger partial charge in [0, 0.05) is 0 Å². The van der Waals surface area contributed by atoms with E-state index in [1.54, 1.807) is 0 Å². The molecule has 0 spiro atoms. The van der Waals surface area contributed by atoms with E-state index in [2.05, 4.69) is 80.5 Å². The van der Waals surface area contributed by atoms with Crippen LogP contribution in [0.25, 0.3) is 0 Å². The average Bonchev–Trinajstić information content (AvgIpc) is 2.72. The van der Waals surface area contributed by atoms with Crippen LogP contribution in [0.4, 0.5) is 0 Å². The Kier molecular flexibility index (Phi) is 3.24. The average molecular weight is 314 g/mol. The predicted octanol–water partition coefficient (Wildman–Crippen LogP) is 4.06. The molecule has 2 rings (SSSR count). The van der Waals surface area contributed by atoms with Crippen molar-refractivity contribution in [2.24, 2.45) is 0 Å². The minimum absolute atomic E-state index is 0.377. The maximum Gasteiger partial charge on any atom is 0.0578 e. The molecule has 0 heterocycles. The third-order valence-corrected chi connectivity index (χ3v) is 3.91. The number of hydrogen-bond acceptors (Lipinski definition) is 0. The van der Waals surface area contributed by atoms with Crippen molar-refractivity contribution in [1.29, 1.82) is 0 Å². The Labute approximate surface area is 101 Å². The van der Waals surface area contributed by atoms with Crippen molar-refractivity contribution in [1.82, 2.24) is 0 Å². The summed E-state index contributed by atoms with van der Waals surface area (Å²) < 4.78 is 0. The zero-order valence-electron chi connectivity index (χ0n) is 7.53. The second-order valence-electron chi connectivity index (χ2n) is 3.24. The molecule has 0 saturated carbocycles. The number of hydrogen-bond donors (Lipinski definition) is 0. The minimum Gasteiger partial charge on any atom is -0.0793 e. The number of alkyl halides is 2. The highest BCUT2D eigenvalue weighted by atomic mass is 79.9. The molecule has 72 valence electrons. The fourth-order valence-electron chi connectivity index (χ4n) is 1.42. The summed E-state index contributed by atoms with van der Waals surface area (Å²) in [4.78, 5) is 0.755. The van der Waals surface area contributed by atoms with Gasteiger partial charge in [0.15, 0.2) is 0 Å². The standard InChI is InChI=1S/C12H10Br2/c13-11-5-1-3-9(11)7-8-10-4-2-6-12(10)14/h1-8,11-12H/b8-7+. The maximum atomic E-state index is 3.58. The van der Waals surface area contributed by atoms with Crippen LogP contribution in [0.15, 0.2) is 59.8 Å². The lowest BCUT2D eigenvalue weighted by atomic mass is 10.1. The number of allylic oxidation sites excluding steroid dienone is 10. The molecule has 0 amide bonds. The summed E-state index contributed by atoms with van der Waals surface area (Å²) in [5, 5.41) is 0. The predicted molar refractivity (Wildman–Crippen MR) is 69.0 cm³/mol. The summed E-state index contributed by atoms with van der Waals surface area (Å²) in [5.74, 6) is 0. The van der Waals surface area contributed by atoms with Crippen molar-refractivity contribution in [3.05, 3.63) is 59.8 Å². The van der Waals surface area contributed by atoms with E-state index >= 15 is 0 Å². The van der Waals surface area contributed by atoms with E-state index in [1.165, 1.54) is 11.1 Å². The van der Waals surface area contributed by atoms with Crippen molar-refractivity contribution in [2.45, 2.75) is 9.65 Å². The molecule has 0 radical (unpaired) electrons. The van der Waals surface area contributed by atoms with Gasteiger partial charge in [0.2, 0.25) is 0 Å². The molecule has 2 aliphatic carbocycles. The fraction of sp³-hybridized carbons (Fsp3) is 0.167. The first-order valence-corrected chi connectivity index (χ1v) is 6.33. The number of rotatable bonds is 2. The Morgan fingerprint density at radius 1 is 0.857 bits per heavy atom. The smallest absolute Gasteiger partial charge is 0.0578 e. The topological polar surface area (TPSA) is 0 Å². The van der Waals surface area contributed by atoms with Crippen molar-refractivity contribution in [3.8, 4) is 0 Å². The molecule has 0 fully saturated rings. The van der Waals surface area contributed by atoms with Gasteiger partial charge in [-0.2, -0.15) is 0 Å². The second kappa shape index (κ2) is 4.45. The number of halogens is 2. The first-order chi connectivity index (χ1) is 6.77. The van der Waals surface area contributed by atoms with Gasteiger partial charge in [0.05, 0.1) is 9.65 Å². The highest BCUT2D eigenvalue weighted by Gasteiger charge is 2.10. The first kappa shape index (κ1) is 10.2. The quantitative estimate of drug-likeness (QED) is 0.674. The first-order valence-electron chi connectivity index (χ1n) is 4.50. The molecule has 0 aliphatic heterocycles. The normalized spacial score (nSPS) is 30.1. The molecule has 2 unspecified atom stereocenters. The van der Waals surface area contributed by atoms with Gasteiger partial charge in [-0.15, -0.1) is 0 Å². The summed E-state index contributed by atoms with van der Waals surface area (Å²) >= 11 is 7.15. The third kappa shape index (κ3) is 2.18. The van der Waals surface area contributed by atoms with E-state index in [1.807, 2.05) is 0 Å². The molecule has 0 aromatic rings. The minimum atomic E-state index is 0.377. The van der Waals surface area contributed by atoms with Gasteiger partial charge >= 0.3 is 0 Å². The summed E-state index contributed by atoms with van der Waals surface area (Å²) in [5.41, 5.74) is 2.61. The van der Waals surface area contributed by atoms with Gasteiger partial charge in [-0.3, -0.25) is 0 Å². The molecule has 2 heteroatoms. The van der Waals surface area contributed by atoms with Crippen LogP contribution in [0, 0.1) is 0 Å². The van der Waals surface area contributed by atoms with Crippen LogP contribution >= 0.6 is 31.9 Å². The molecular weight excluding hydrogens is 304 g/mol. The monoisotopic (exact) mass is 312 g/mol. The van der Waals surface area contributed by atoms with Crippen molar-refractivity contribution >= 4 is 31.9 Å². The van der Waals surface area contributed by atoms with Gasteiger partial charge in [-0.1, -0.05) is 80.5 Å². The summed E-state index contributed by atoms with van der Waals surface area (Å²) in [6.45, 7) is 0. The maximum absolute atomic E-state index is 3.58. The Bertz CT molecular complexity index is 334. The molecular formula is C12H10Br2. The summed E-state index contributed by atoms with van der Waals surface area (Å²) in [6.07, 6.45) is 17.0. The molecule has 0 bridgehead atoms. The lowest BCUT2D eigenvalue weighted by Gasteiger charge is -2.02. The molecule has 0 aromatic heterocycles. The van der Waals surface area contributed by atoms with Gasteiger partial charge in [0.1, 0.15) is 0 Å². The summed E-state index contributed by atoms with van der Waals surface area (Å²) in [7, 11) is 0. The van der Waals surface area contributed by atoms with Crippen LogP contribution in [-0.4, -0.2) is 9.65 Å². The van der Waals surface area contributed by atoms with Gasteiger partial charge in [0.25, 0.3) is 0 Å². The summed E-state index contributed by atoms with van der Waals surface area (Å²) in [6, 6.07) is 0.